The number of hydrogen-bond donors (Lipinski definition) is 2. The van der Waals surface area contributed by atoms with Crippen molar-refractivity contribution in [1.82, 2.24) is 15.3 Å². The van der Waals surface area contributed by atoms with Gasteiger partial charge in [-0.1, -0.05) is 0 Å². The summed E-state index contributed by atoms with van der Waals surface area (Å²) < 4.78 is 5.15. The van der Waals surface area contributed by atoms with E-state index in [0.717, 1.165) is 5.69 Å². The zero-order valence-electron chi connectivity index (χ0n) is 10.2. The van der Waals surface area contributed by atoms with Gasteiger partial charge in [-0.2, -0.15) is 0 Å². The molecule has 0 aliphatic carbocycles. The lowest BCUT2D eigenvalue weighted by Crippen LogP contribution is -2.38. The summed E-state index contributed by atoms with van der Waals surface area (Å²) in [6.45, 7) is 7.44. The van der Waals surface area contributed by atoms with Gasteiger partial charge in [0, 0.05) is 24.4 Å². The number of alkyl carbamates (subject to hydrolysis) is 1. The maximum atomic E-state index is 11.4. The number of aromatic nitrogens is 2. The highest BCUT2D eigenvalue weighted by atomic mass is 16.6. The van der Waals surface area contributed by atoms with E-state index in [2.05, 4.69) is 15.3 Å². The number of imidazole rings is 1. The maximum absolute atomic E-state index is 11.4. The maximum Gasteiger partial charge on any atom is 0.407 e. The van der Waals surface area contributed by atoms with Crippen LogP contribution in [0, 0.1) is 0 Å². The Morgan fingerprint density at radius 1 is 1.62 bits per heavy atom. The van der Waals surface area contributed by atoms with Gasteiger partial charge >= 0.3 is 6.09 Å². The van der Waals surface area contributed by atoms with E-state index in [1.807, 2.05) is 27.7 Å². The molecule has 1 aromatic rings. The molecule has 0 radical (unpaired) electrons. The van der Waals surface area contributed by atoms with Crippen molar-refractivity contribution < 1.29 is 9.53 Å². The van der Waals surface area contributed by atoms with Crippen molar-refractivity contribution in [2.24, 2.45) is 0 Å². The smallest absolute Gasteiger partial charge is 0.407 e. The number of nitrogens with zero attached hydrogens (tertiary/aromatic N) is 1. The predicted octanol–water partition coefficient (Wildman–Crippen LogP) is 1.87. The molecule has 2 N–H and O–H groups in total. The first-order chi connectivity index (χ1) is 7.37. The molecule has 90 valence electrons. The monoisotopic (exact) mass is 225 g/mol. The van der Waals surface area contributed by atoms with Crippen molar-refractivity contribution in [1.29, 1.82) is 0 Å². The van der Waals surface area contributed by atoms with E-state index < -0.39 is 5.60 Å². The van der Waals surface area contributed by atoms with Crippen LogP contribution in [0.2, 0.25) is 0 Å². The van der Waals surface area contributed by atoms with E-state index in [1.54, 1.807) is 12.5 Å². The van der Waals surface area contributed by atoms with Crippen LogP contribution in [-0.2, 0) is 11.2 Å². The number of carbonyl (C=O) groups excluding carboxylic acids is 1. The quantitative estimate of drug-likeness (QED) is 0.825. The number of aromatic amines is 1. The molecule has 0 spiro atoms. The predicted molar refractivity (Wildman–Crippen MR) is 61.1 cm³/mol. The number of amides is 1. The van der Waals surface area contributed by atoms with Crippen LogP contribution in [-0.4, -0.2) is 27.7 Å². The Balaban J connectivity index is 2.34. The summed E-state index contributed by atoms with van der Waals surface area (Å²) in [4.78, 5) is 18.3. The van der Waals surface area contributed by atoms with Crippen LogP contribution in [0.4, 0.5) is 4.79 Å². The minimum atomic E-state index is -0.461. The van der Waals surface area contributed by atoms with Crippen molar-refractivity contribution in [2.75, 3.05) is 0 Å². The molecule has 1 rings (SSSR count). The number of hydrogen-bond acceptors (Lipinski definition) is 3. The molecule has 1 atom stereocenters. The number of nitrogens with one attached hydrogen (secondary N) is 2. The van der Waals surface area contributed by atoms with Gasteiger partial charge in [0.25, 0.3) is 0 Å². The minimum Gasteiger partial charge on any atom is -0.444 e. The molecule has 1 aromatic heterocycles. The summed E-state index contributed by atoms with van der Waals surface area (Å²) in [5.74, 6) is 0. The van der Waals surface area contributed by atoms with Gasteiger partial charge in [-0.15, -0.1) is 0 Å². The van der Waals surface area contributed by atoms with Gasteiger partial charge in [0.15, 0.2) is 0 Å². The zero-order valence-corrected chi connectivity index (χ0v) is 10.2. The fraction of sp³-hybridized carbons (Fsp3) is 0.636. The summed E-state index contributed by atoms with van der Waals surface area (Å²) in [5.41, 5.74) is 0.529. The minimum absolute atomic E-state index is 0.00954. The summed E-state index contributed by atoms with van der Waals surface area (Å²) in [5, 5.41) is 2.77. The molecule has 0 aliphatic heterocycles. The molecule has 1 heterocycles. The second-order valence-electron chi connectivity index (χ2n) is 4.83. The van der Waals surface area contributed by atoms with Crippen molar-refractivity contribution in [3.8, 4) is 0 Å². The van der Waals surface area contributed by atoms with Gasteiger partial charge in [-0.25, -0.2) is 9.78 Å². The van der Waals surface area contributed by atoms with E-state index in [-0.39, 0.29) is 12.1 Å². The zero-order chi connectivity index (χ0) is 12.2. The summed E-state index contributed by atoms with van der Waals surface area (Å²) in [6, 6.07) is 0.00954. The van der Waals surface area contributed by atoms with Gasteiger partial charge in [-0.05, 0) is 27.7 Å². The molecule has 16 heavy (non-hydrogen) atoms. The van der Waals surface area contributed by atoms with Crippen LogP contribution in [0.5, 0.6) is 0 Å². The standard InChI is InChI=1S/C11H19N3O2/c1-8(5-9-6-12-7-13-9)14-10(15)16-11(2,3)4/h6-8H,5H2,1-4H3,(H,12,13)(H,14,15). The van der Waals surface area contributed by atoms with Crippen molar-refractivity contribution in [3.63, 3.8) is 0 Å². The first kappa shape index (κ1) is 12.5. The summed E-state index contributed by atoms with van der Waals surface area (Å²) in [7, 11) is 0. The van der Waals surface area contributed by atoms with Gasteiger partial charge in [-0.3, -0.25) is 0 Å². The van der Waals surface area contributed by atoms with Crippen molar-refractivity contribution in [2.45, 2.75) is 45.8 Å². The Hall–Kier alpha value is -1.52. The normalized spacial score (nSPS) is 13.2. The third kappa shape index (κ3) is 4.82. The lowest BCUT2D eigenvalue weighted by Gasteiger charge is -2.21. The Kier molecular flexibility index (Phi) is 3.93. The molecule has 5 heteroatoms. The molecule has 0 aromatic carbocycles. The Bertz CT molecular complexity index is 327. The number of rotatable bonds is 3. The number of ether oxygens (including phenoxy) is 1. The molecular weight excluding hydrogens is 206 g/mol. The molecule has 0 saturated heterocycles. The third-order valence-electron chi connectivity index (χ3n) is 1.84. The highest BCUT2D eigenvalue weighted by Crippen LogP contribution is 2.07. The van der Waals surface area contributed by atoms with Gasteiger partial charge in [0.2, 0.25) is 0 Å². The van der Waals surface area contributed by atoms with Crippen LogP contribution in [0.3, 0.4) is 0 Å². The number of H-pyrrole nitrogens is 1. The second-order valence-corrected chi connectivity index (χ2v) is 4.83. The van der Waals surface area contributed by atoms with Gasteiger partial charge in [0.1, 0.15) is 5.60 Å². The molecule has 0 saturated carbocycles. The highest BCUT2D eigenvalue weighted by molar-refractivity contribution is 5.68. The Labute approximate surface area is 95.6 Å². The third-order valence-corrected chi connectivity index (χ3v) is 1.84. The first-order valence-electron chi connectivity index (χ1n) is 5.33. The van der Waals surface area contributed by atoms with E-state index in [0.29, 0.717) is 6.42 Å². The average Bonchev–Trinajstić information content (AvgIpc) is 2.51. The van der Waals surface area contributed by atoms with Crippen molar-refractivity contribution >= 4 is 6.09 Å². The molecule has 0 bridgehead atoms. The van der Waals surface area contributed by atoms with Crippen LogP contribution in [0.15, 0.2) is 12.5 Å². The van der Waals surface area contributed by atoms with Crippen LogP contribution in [0.25, 0.3) is 0 Å². The molecule has 1 amide bonds. The molecule has 0 aliphatic rings. The summed E-state index contributed by atoms with van der Waals surface area (Å²) in [6.07, 6.45) is 3.68. The lowest BCUT2D eigenvalue weighted by atomic mass is 10.2. The van der Waals surface area contributed by atoms with E-state index in [1.165, 1.54) is 0 Å². The molecule has 0 fully saturated rings. The number of carbonyl (C=O) groups is 1. The fourth-order valence-electron chi connectivity index (χ4n) is 1.29. The van der Waals surface area contributed by atoms with Crippen LogP contribution in [0.1, 0.15) is 33.4 Å². The van der Waals surface area contributed by atoms with E-state index >= 15 is 0 Å². The Morgan fingerprint density at radius 2 is 2.31 bits per heavy atom. The van der Waals surface area contributed by atoms with Gasteiger partial charge < -0.3 is 15.0 Å². The van der Waals surface area contributed by atoms with Crippen molar-refractivity contribution in [3.05, 3.63) is 18.2 Å². The second kappa shape index (κ2) is 5.01. The van der Waals surface area contributed by atoms with Crippen LogP contribution < -0.4 is 5.32 Å². The average molecular weight is 225 g/mol. The SMILES string of the molecule is CC(Cc1cnc[nH]1)NC(=O)OC(C)(C)C. The molecular formula is C11H19N3O2. The largest absolute Gasteiger partial charge is 0.444 e. The Morgan fingerprint density at radius 3 is 2.81 bits per heavy atom. The summed E-state index contributed by atoms with van der Waals surface area (Å²) >= 11 is 0. The molecule has 5 nitrogen and oxygen atoms in total. The topological polar surface area (TPSA) is 67.0 Å². The van der Waals surface area contributed by atoms with Gasteiger partial charge in [0.05, 0.1) is 6.33 Å². The molecule has 1 unspecified atom stereocenters. The van der Waals surface area contributed by atoms with E-state index in [4.69, 9.17) is 4.74 Å². The first-order valence-corrected chi connectivity index (χ1v) is 5.33. The van der Waals surface area contributed by atoms with E-state index in [9.17, 15) is 4.79 Å². The fourth-order valence-corrected chi connectivity index (χ4v) is 1.29. The van der Waals surface area contributed by atoms with Crippen LogP contribution >= 0.6 is 0 Å². The lowest BCUT2D eigenvalue weighted by molar-refractivity contribution is 0.0508. The highest BCUT2D eigenvalue weighted by Gasteiger charge is 2.17.